The van der Waals surface area contributed by atoms with Crippen LogP contribution in [0.1, 0.15) is 61.1 Å². The van der Waals surface area contributed by atoms with Crippen molar-refractivity contribution in [2.24, 2.45) is 5.92 Å². The Morgan fingerprint density at radius 1 is 1.11 bits per heavy atom. The maximum atomic E-state index is 13.0. The lowest BCUT2D eigenvalue weighted by Crippen LogP contribution is -2.46. The lowest BCUT2D eigenvalue weighted by Gasteiger charge is -2.34. The molecule has 5 rings (SSSR count). The average molecular weight is 572 g/mol. The van der Waals surface area contributed by atoms with E-state index in [4.69, 9.17) is 4.74 Å². The van der Waals surface area contributed by atoms with Gasteiger partial charge in [-0.25, -0.2) is 9.97 Å². The number of fused-ring (bicyclic) bond motifs is 1. The van der Waals surface area contributed by atoms with Crippen LogP contribution in [-0.4, -0.2) is 67.2 Å². The van der Waals surface area contributed by atoms with Crippen LogP contribution in [-0.2, 0) is 9.53 Å². The van der Waals surface area contributed by atoms with Gasteiger partial charge in [0.15, 0.2) is 4.73 Å². The molecular formula is C27H35BrN6O3. The number of rotatable bonds is 6. The number of aromatic nitrogens is 2. The molecule has 3 aliphatic rings. The van der Waals surface area contributed by atoms with Crippen LogP contribution in [0.5, 0.6) is 0 Å². The number of nitrogens with zero attached hydrogens (tertiary/aromatic N) is 4. The van der Waals surface area contributed by atoms with Gasteiger partial charge in [0.2, 0.25) is 5.91 Å². The van der Waals surface area contributed by atoms with Gasteiger partial charge in [0.1, 0.15) is 11.9 Å². The molecule has 2 N–H and O–H groups in total. The lowest BCUT2D eigenvalue weighted by molar-refractivity contribution is -0.121. The van der Waals surface area contributed by atoms with Gasteiger partial charge in [-0.3, -0.25) is 9.59 Å². The molecule has 0 spiro atoms. The number of morpholine rings is 1. The Morgan fingerprint density at radius 2 is 1.84 bits per heavy atom. The molecular weight excluding hydrogens is 536 g/mol. The van der Waals surface area contributed by atoms with E-state index >= 15 is 0 Å². The molecule has 1 saturated carbocycles. The molecule has 0 radical (unpaired) electrons. The SMILES string of the molecule is CNC(=O)[C@@H]1C[C@@H]2CCCC[C@@H]2N1c1cc([C@H](C)NC(=O)c2ccc(N3CCOCC3)cc2)nc(Br)n1. The van der Waals surface area contributed by atoms with Crippen LogP contribution in [0.2, 0.25) is 0 Å². The fraction of sp³-hybridized carbons (Fsp3) is 0.556. The minimum absolute atomic E-state index is 0.0209. The summed E-state index contributed by atoms with van der Waals surface area (Å²) in [5.74, 6) is 1.09. The van der Waals surface area contributed by atoms with Crippen molar-refractivity contribution in [1.29, 1.82) is 0 Å². The Morgan fingerprint density at radius 3 is 2.57 bits per heavy atom. The summed E-state index contributed by atoms with van der Waals surface area (Å²) in [5.41, 5.74) is 2.39. The van der Waals surface area contributed by atoms with Crippen molar-refractivity contribution in [3.05, 3.63) is 46.3 Å². The predicted molar refractivity (Wildman–Crippen MR) is 146 cm³/mol. The van der Waals surface area contributed by atoms with Crippen molar-refractivity contribution in [1.82, 2.24) is 20.6 Å². The van der Waals surface area contributed by atoms with E-state index in [1.165, 1.54) is 6.42 Å². The number of hydrogen-bond donors (Lipinski definition) is 2. The van der Waals surface area contributed by atoms with Crippen LogP contribution in [0, 0.1) is 5.92 Å². The van der Waals surface area contributed by atoms with Gasteiger partial charge in [-0.1, -0.05) is 12.8 Å². The maximum Gasteiger partial charge on any atom is 0.251 e. The van der Waals surface area contributed by atoms with Gasteiger partial charge in [0, 0.05) is 43.5 Å². The second-order valence-electron chi connectivity index (χ2n) is 10.1. The lowest BCUT2D eigenvalue weighted by atomic mass is 9.84. The van der Waals surface area contributed by atoms with E-state index in [1.807, 2.05) is 37.3 Å². The van der Waals surface area contributed by atoms with Crippen LogP contribution >= 0.6 is 15.9 Å². The highest BCUT2D eigenvalue weighted by atomic mass is 79.9. The van der Waals surface area contributed by atoms with Gasteiger partial charge in [-0.15, -0.1) is 0 Å². The first-order valence-electron chi connectivity index (χ1n) is 13.2. The summed E-state index contributed by atoms with van der Waals surface area (Å²) < 4.78 is 5.88. The fourth-order valence-corrected chi connectivity index (χ4v) is 6.35. The first kappa shape index (κ1) is 25.9. The zero-order valence-corrected chi connectivity index (χ0v) is 23.0. The number of hydrogen-bond acceptors (Lipinski definition) is 7. The van der Waals surface area contributed by atoms with Crippen molar-refractivity contribution < 1.29 is 14.3 Å². The first-order chi connectivity index (χ1) is 17.9. The van der Waals surface area contributed by atoms with Crippen molar-refractivity contribution >= 4 is 39.2 Å². The van der Waals surface area contributed by atoms with Gasteiger partial charge in [-0.05, 0) is 72.3 Å². The quantitative estimate of drug-likeness (QED) is 0.513. The molecule has 3 fully saturated rings. The Balaban J connectivity index is 1.32. The zero-order chi connectivity index (χ0) is 25.9. The number of anilines is 2. The van der Waals surface area contributed by atoms with E-state index in [9.17, 15) is 9.59 Å². The average Bonchev–Trinajstić information content (AvgIpc) is 3.32. The third kappa shape index (κ3) is 5.60. The van der Waals surface area contributed by atoms with E-state index in [0.717, 1.165) is 63.5 Å². The topological polar surface area (TPSA) is 99.7 Å². The van der Waals surface area contributed by atoms with Crippen LogP contribution < -0.4 is 20.4 Å². The highest BCUT2D eigenvalue weighted by Gasteiger charge is 2.45. The molecule has 2 amide bonds. The smallest absolute Gasteiger partial charge is 0.251 e. The van der Waals surface area contributed by atoms with E-state index in [0.29, 0.717) is 28.0 Å². The largest absolute Gasteiger partial charge is 0.378 e. The number of likely N-dealkylation sites (N-methyl/N-ethyl adjacent to an activating group) is 1. The van der Waals surface area contributed by atoms with Crippen molar-refractivity contribution in [3.8, 4) is 0 Å². The Kier molecular flexibility index (Phi) is 7.95. The standard InChI is InChI=1S/C27H35BrN6O3/c1-17(30-25(35)18-7-9-20(10-8-18)33-11-13-37-14-12-33)21-16-24(32-27(28)31-21)34-22-6-4-3-5-19(22)15-23(34)26(36)29-2/h7-10,16-17,19,22-23H,3-6,11-15H2,1-2H3,(H,29,36)(H,30,35)/t17-,19-,22-,23-/m0/s1. The molecule has 3 heterocycles. The summed E-state index contributed by atoms with van der Waals surface area (Å²) in [7, 11) is 1.69. The third-order valence-corrected chi connectivity index (χ3v) is 8.26. The van der Waals surface area contributed by atoms with Crippen LogP contribution in [0.25, 0.3) is 0 Å². The second-order valence-corrected chi connectivity index (χ2v) is 10.9. The molecule has 4 atom stereocenters. The number of halogens is 1. The number of benzene rings is 1. The monoisotopic (exact) mass is 570 g/mol. The van der Waals surface area contributed by atoms with E-state index in [2.05, 4.69) is 46.3 Å². The molecule has 0 unspecified atom stereocenters. The van der Waals surface area contributed by atoms with Crippen molar-refractivity contribution in [3.63, 3.8) is 0 Å². The molecule has 0 bridgehead atoms. The summed E-state index contributed by atoms with van der Waals surface area (Å²) in [6, 6.07) is 9.31. The molecule has 2 saturated heterocycles. The summed E-state index contributed by atoms with van der Waals surface area (Å²) in [6.07, 6.45) is 5.42. The van der Waals surface area contributed by atoms with Gasteiger partial charge < -0.3 is 25.2 Å². The van der Waals surface area contributed by atoms with Crippen molar-refractivity contribution in [2.45, 2.75) is 57.2 Å². The van der Waals surface area contributed by atoms with Crippen LogP contribution in [0.4, 0.5) is 11.5 Å². The summed E-state index contributed by atoms with van der Waals surface area (Å²) in [6.45, 7) is 5.07. The van der Waals surface area contributed by atoms with Gasteiger partial charge in [0.25, 0.3) is 5.91 Å². The molecule has 1 aliphatic carbocycles. The predicted octanol–water partition coefficient (Wildman–Crippen LogP) is 3.45. The normalized spacial score (nSPS) is 24.4. The maximum absolute atomic E-state index is 13.0. The highest BCUT2D eigenvalue weighted by Crippen LogP contribution is 2.42. The first-order valence-corrected chi connectivity index (χ1v) is 14.0. The van der Waals surface area contributed by atoms with Crippen molar-refractivity contribution in [2.75, 3.05) is 43.2 Å². The van der Waals surface area contributed by atoms with E-state index < -0.39 is 0 Å². The minimum Gasteiger partial charge on any atom is -0.378 e. The second kappa shape index (κ2) is 11.3. The Bertz CT molecular complexity index is 1120. The Hall–Kier alpha value is -2.72. The summed E-state index contributed by atoms with van der Waals surface area (Å²) >= 11 is 3.47. The molecule has 2 aliphatic heterocycles. The van der Waals surface area contributed by atoms with Gasteiger partial charge >= 0.3 is 0 Å². The van der Waals surface area contributed by atoms with E-state index in [-0.39, 0.29) is 23.9 Å². The molecule has 9 nitrogen and oxygen atoms in total. The zero-order valence-electron chi connectivity index (χ0n) is 21.5. The molecule has 10 heteroatoms. The van der Waals surface area contributed by atoms with Crippen LogP contribution in [0.15, 0.2) is 35.1 Å². The third-order valence-electron chi connectivity index (χ3n) is 7.90. The molecule has 37 heavy (non-hydrogen) atoms. The highest BCUT2D eigenvalue weighted by molar-refractivity contribution is 9.10. The Labute approximate surface area is 226 Å². The number of nitrogens with one attached hydrogen (secondary N) is 2. The summed E-state index contributed by atoms with van der Waals surface area (Å²) in [4.78, 5) is 39.5. The number of carbonyl (C=O) groups excluding carboxylic acids is 2. The molecule has 1 aromatic carbocycles. The molecule has 2 aromatic rings. The van der Waals surface area contributed by atoms with E-state index in [1.54, 1.807) is 7.05 Å². The number of amides is 2. The molecule has 1 aromatic heterocycles. The van der Waals surface area contributed by atoms with Gasteiger partial charge in [-0.2, -0.15) is 0 Å². The molecule has 198 valence electrons. The number of carbonyl (C=O) groups is 2. The van der Waals surface area contributed by atoms with Crippen LogP contribution in [0.3, 0.4) is 0 Å². The fourth-order valence-electron chi connectivity index (χ4n) is 5.97. The number of ether oxygens (including phenoxy) is 1. The van der Waals surface area contributed by atoms with Gasteiger partial charge in [0.05, 0.1) is 24.9 Å². The minimum atomic E-state index is -0.340. The summed E-state index contributed by atoms with van der Waals surface area (Å²) in [5, 5.41) is 5.91.